The normalized spacial score (nSPS) is 12.8. The van der Waals surface area contributed by atoms with Gasteiger partial charge in [-0.15, -0.1) is 0 Å². The van der Waals surface area contributed by atoms with E-state index in [-0.39, 0.29) is 12.4 Å². The highest BCUT2D eigenvalue weighted by Crippen LogP contribution is 2.14. The van der Waals surface area contributed by atoms with Gasteiger partial charge in [0.05, 0.1) is 20.0 Å². The highest BCUT2D eigenvalue weighted by Gasteiger charge is 2.31. The molecule has 3 N–H and O–H groups in total. The lowest BCUT2D eigenvalue weighted by Gasteiger charge is -2.27. The van der Waals surface area contributed by atoms with E-state index in [0.29, 0.717) is 6.42 Å². The fraction of sp³-hybridized carbons (Fsp3) is 1.00. The van der Waals surface area contributed by atoms with Crippen molar-refractivity contribution in [2.45, 2.75) is 122 Å². The van der Waals surface area contributed by atoms with Gasteiger partial charge in [-0.2, -0.15) is 0 Å². The summed E-state index contributed by atoms with van der Waals surface area (Å²) in [6.45, 7) is 4.99. The lowest BCUT2D eigenvalue weighted by atomic mass is 10.0. The Morgan fingerprint density at radius 2 is 0.920 bits per heavy atom. The first-order valence-electron chi connectivity index (χ1n) is 10.8. The van der Waals surface area contributed by atoms with Crippen LogP contribution < -0.4 is 17.3 Å². The van der Waals surface area contributed by atoms with Gasteiger partial charge in [-0.3, -0.25) is 4.90 Å². The number of hydrogen-bond acceptors (Lipinski definition) is 2. The van der Waals surface area contributed by atoms with Crippen molar-refractivity contribution in [2.24, 2.45) is 0 Å². The van der Waals surface area contributed by atoms with Crippen LogP contribution in [0.5, 0.6) is 0 Å². The van der Waals surface area contributed by atoms with Crippen LogP contribution in [0.2, 0.25) is 0 Å². The van der Waals surface area contributed by atoms with Crippen molar-refractivity contribution in [3.05, 3.63) is 0 Å². The predicted octanol–water partition coefficient (Wildman–Crippen LogP) is 1.42. The number of halogens is 1. The van der Waals surface area contributed by atoms with E-state index >= 15 is 0 Å². The molecule has 0 radical (unpaired) electrons. The number of aliphatic hydroxyl groups is 2. The molecule has 0 aromatic heterocycles. The van der Waals surface area contributed by atoms with E-state index in [1.807, 2.05) is 14.0 Å². The monoisotopic (exact) mass is 379 g/mol. The second-order valence-electron chi connectivity index (χ2n) is 7.65. The van der Waals surface area contributed by atoms with Crippen molar-refractivity contribution < 1.29 is 27.5 Å². The number of hydrogen-bond donors (Lipinski definition) is 3. The molecular formula is C21H46ClNO2. The molecule has 154 valence electrons. The second kappa shape index (κ2) is 18.9. The van der Waals surface area contributed by atoms with E-state index in [2.05, 4.69) is 6.92 Å². The van der Waals surface area contributed by atoms with Gasteiger partial charge >= 0.3 is 5.91 Å². The Morgan fingerprint density at radius 1 is 0.600 bits per heavy atom. The molecule has 1 atom stereocenters. The van der Waals surface area contributed by atoms with Gasteiger partial charge in [0.2, 0.25) is 0 Å². The summed E-state index contributed by atoms with van der Waals surface area (Å²) in [7, 11) is 1.84. The van der Waals surface area contributed by atoms with E-state index < -0.39 is 5.91 Å². The molecule has 0 aromatic carbocycles. The number of rotatable bonds is 18. The molecule has 0 amide bonds. The molecule has 3 nitrogen and oxygen atoms in total. The average molecular weight is 380 g/mol. The molecule has 4 heteroatoms. The van der Waals surface area contributed by atoms with Crippen molar-refractivity contribution in [3.8, 4) is 0 Å². The molecule has 0 aliphatic rings. The maximum Gasteiger partial charge on any atom is 0.312 e. The Kier molecular flexibility index (Phi) is 20.8. The minimum absolute atomic E-state index is 0. The topological polar surface area (TPSA) is 44.9 Å². The molecule has 0 aliphatic heterocycles. The molecule has 0 rings (SSSR count). The van der Waals surface area contributed by atoms with Crippen molar-refractivity contribution in [1.29, 1.82) is 0 Å². The summed E-state index contributed by atoms with van der Waals surface area (Å²) in [5.74, 6) is -1.54. The molecule has 0 spiro atoms. The molecule has 0 saturated heterocycles. The summed E-state index contributed by atoms with van der Waals surface area (Å²) in [6.07, 6.45) is 20.5. The molecule has 0 fully saturated rings. The highest BCUT2D eigenvalue weighted by atomic mass is 35.5. The van der Waals surface area contributed by atoms with Crippen LogP contribution in [0, 0.1) is 0 Å². The van der Waals surface area contributed by atoms with Gasteiger partial charge in [-0.05, 0) is 13.3 Å². The van der Waals surface area contributed by atoms with Crippen LogP contribution in [0.1, 0.15) is 117 Å². The van der Waals surface area contributed by atoms with Crippen LogP contribution in [0.3, 0.4) is 0 Å². The first kappa shape index (κ1) is 27.4. The number of unbranched alkanes of at least 4 members (excludes halogenated alkanes) is 14. The lowest BCUT2D eigenvalue weighted by molar-refractivity contribution is -0.989. The first-order valence-corrected chi connectivity index (χ1v) is 10.8. The molecule has 25 heavy (non-hydrogen) atoms. The number of nitrogens with one attached hydrogen (secondary N) is 1. The van der Waals surface area contributed by atoms with Crippen LogP contribution in [0.25, 0.3) is 0 Å². The van der Waals surface area contributed by atoms with Crippen molar-refractivity contribution >= 4 is 0 Å². The largest absolute Gasteiger partial charge is 1.00 e. The highest BCUT2D eigenvalue weighted by molar-refractivity contribution is 4.52. The second-order valence-corrected chi connectivity index (χ2v) is 7.65. The van der Waals surface area contributed by atoms with Crippen LogP contribution in [0.15, 0.2) is 0 Å². The van der Waals surface area contributed by atoms with Crippen LogP contribution in [-0.4, -0.2) is 29.7 Å². The smallest absolute Gasteiger partial charge is 0.312 e. The van der Waals surface area contributed by atoms with Crippen molar-refractivity contribution in [3.63, 3.8) is 0 Å². The van der Waals surface area contributed by atoms with Crippen molar-refractivity contribution in [1.82, 2.24) is 0 Å². The first-order chi connectivity index (χ1) is 11.5. The van der Waals surface area contributed by atoms with Crippen LogP contribution >= 0.6 is 0 Å². The SMILES string of the molecule is CCCCCCCCCCCCCCCCCC(O)(O)[NH+](C)CC.[Cl-]. The average Bonchev–Trinajstić information content (AvgIpc) is 2.57. The molecule has 0 bridgehead atoms. The van der Waals surface area contributed by atoms with Crippen LogP contribution in [-0.2, 0) is 0 Å². The van der Waals surface area contributed by atoms with Gasteiger partial charge in [-0.25, -0.2) is 0 Å². The predicted molar refractivity (Wildman–Crippen MR) is 104 cm³/mol. The Balaban J connectivity index is 0. The minimum Gasteiger partial charge on any atom is -1.00 e. The van der Waals surface area contributed by atoms with Crippen LogP contribution in [0.4, 0.5) is 0 Å². The Morgan fingerprint density at radius 3 is 1.24 bits per heavy atom. The van der Waals surface area contributed by atoms with Crippen molar-refractivity contribution in [2.75, 3.05) is 13.6 Å². The zero-order chi connectivity index (χ0) is 18.1. The van der Waals surface area contributed by atoms with Gasteiger partial charge in [0, 0.05) is 0 Å². The summed E-state index contributed by atoms with van der Waals surface area (Å²) >= 11 is 0. The molecule has 0 aliphatic carbocycles. The van der Waals surface area contributed by atoms with Gasteiger partial charge in [0.1, 0.15) is 0 Å². The van der Waals surface area contributed by atoms with E-state index in [0.717, 1.165) is 24.3 Å². The number of quaternary nitrogens is 1. The molecule has 1 unspecified atom stereocenters. The third-order valence-electron chi connectivity index (χ3n) is 5.34. The zero-order valence-electron chi connectivity index (χ0n) is 17.3. The maximum absolute atomic E-state index is 9.91. The van der Waals surface area contributed by atoms with E-state index in [4.69, 9.17) is 0 Å². The summed E-state index contributed by atoms with van der Waals surface area (Å²) in [5, 5.41) is 19.8. The Labute approximate surface area is 164 Å². The standard InChI is InChI=1S/C21H45NO2.ClH/c1-4-6-7-8-9-10-11-12-13-14-15-16-17-18-19-20-21(23,24)22(3)5-2;/h23-24H,4-20H2,1-3H3;1H. The third kappa shape index (κ3) is 17.3. The quantitative estimate of drug-likeness (QED) is 0.249. The summed E-state index contributed by atoms with van der Waals surface area (Å²) in [4.78, 5) is 0.785. The van der Waals surface area contributed by atoms with Gasteiger partial charge in [-0.1, -0.05) is 96.8 Å². The summed E-state index contributed by atoms with van der Waals surface area (Å²) < 4.78 is 0. The minimum atomic E-state index is -1.54. The fourth-order valence-corrected chi connectivity index (χ4v) is 3.24. The van der Waals surface area contributed by atoms with Gasteiger partial charge in [0.25, 0.3) is 0 Å². The fourth-order valence-electron chi connectivity index (χ4n) is 3.24. The maximum atomic E-state index is 9.91. The Bertz CT molecular complexity index is 262. The third-order valence-corrected chi connectivity index (χ3v) is 5.34. The summed E-state index contributed by atoms with van der Waals surface area (Å²) in [6, 6.07) is 0. The van der Waals surface area contributed by atoms with Gasteiger partial charge in [0.15, 0.2) is 0 Å². The summed E-state index contributed by atoms with van der Waals surface area (Å²) in [5.41, 5.74) is 0. The molecular weight excluding hydrogens is 334 g/mol. The molecule has 0 heterocycles. The zero-order valence-corrected chi connectivity index (χ0v) is 18.0. The molecule has 0 aromatic rings. The Hall–Kier alpha value is 0.170. The molecule has 0 saturated carbocycles. The lowest BCUT2D eigenvalue weighted by Crippen LogP contribution is -3.17. The van der Waals surface area contributed by atoms with E-state index in [1.165, 1.54) is 83.5 Å². The van der Waals surface area contributed by atoms with E-state index in [9.17, 15) is 10.2 Å². The van der Waals surface area contributed by atoms with E-state index in [1.54, 1.807) is 0 Å². The van der Waals surface area contributed by atoms with Gasteiger partial charge < -0.3 is 22.6 Å².